The number of fused-ring (bicyclic) bond motifs is 1. The summed E-state index contributed by atoms with van der Waals surface area (Å²) >= 11 is 0. The van der Waals surface area contributed by atoms with Gasteiger partial charge < -0.3 is 0 Å². The van der Waals surface area contributed by atoms with Gasteiger partial charge in [-0.3, -0.25) is 10.7 Å². The highest BCUT2D eigenvalue weighted by atomic mass is 16.5. The molecule has 0 aliphatic carbocycles. The fraction of sp³-hybridized carbons (Fsp3) is 0. The highest BCUT2D eigenvalue weighted by Crippen LogP contribution is 2.19. The number of pyridine rings is 1. The van der Waals surface area contributed by atoms with Gasteiger partial charge in [-0.25, -0.2) is 4.98 Å². The van der Waals surface area contributed by atoms with Crippen molar-refractivity contribution in [2.24, 2.45) is 0 Å². The minimum atomic E-state index is 0.278. The lowest BCUT2D eigenvalue weighted by Gasteiger charge is -2.02. The summed E-state index contributed by atoms with van der Waals surface area (Å²) in [6.07, 6.45) is 0. The van der Waals surface area contributed by atoms with Crippen LogP contribution in [0.3, 0.4) is 0 Å². The Hall–Kier alpha value is -2.12. The molecule has 1 heterocycles. The Morgan fingerprint density at radius 3 is 2.86 bits per heavy atom. The van der Waals surface area contributed by atoms with Crippen LogP contribution in [0, 0.1) is 11.3 Å². The molecule has 0 bridgehead atoms. The molecule has 2 aromatic rings. The van der Waals surface area contributed by atoms with E-state index in [9.17, 15) is 0 Å². The number of hydrogen-bond acceptors (Lipinski definition) is 4. The minimum Gasteiger partial charge on any atom is -0.290 e. The molecule has 0 aliphatic rings. The highest BCUT2D eigenvalue weighted by Gasteiger charge is 2.03. The van der Waals surface area contributed by atoms with Crippen molar-refractivity contribution in [2.75, 3.05) is 5.48 Å². The number of nitriles is 1. The van der Waals surface area contributed by atoms with Gasteiger partial charge in [0.1, 0.15) is 0 Å². The number of anilines is 1. The number of aromatic nitrogens is 1. The van der Waals surface area contributed by atoms with Crippen molar-refractivity contribution in [2.45, 2.75) is 0 Å². The molecule has 0 fully saturated rings. The van der Waals surface area contributed by atoms with Crippen molar-refractivity contribution >= 4 is 16.7 Å². The average molecular weight is 185 g/mol. The van der Waals surface area contributed by atoms with Crippen molar-refractivity contribution in [3.8, 4) is 6.07 Å². The van der Waals surface area contributed by atoms with Crippen LogP contribution < -0.4 is 5.48 Å². The van der Waals surface area contributed by atoms with E-state index in [-0.39, 0.29) is 5.82 Å². The van der Waals surface area contributed by atoms with Gasteiger partial charge in [0.15, 0.2) is 5.82 Å². The molecule has 4 heteroatoms. The molecule has 0 unspecified atom stereocenters. The molecule has 0 aliphatic heterocycles. The van der Waals surface area contributed by atoms with Crippen molar-refractivity contribution in [3.63, 3.8) is 0 Å². The number of nitrogens with zero attached hydrogens (tertiary/aromatic N) is 2. The van der Waals surface area contributed by atoms with E-state index in [4.69, 9.17) is 10.5 Å². The lowest BCUT2D eigenvalue weighted by Crippen LogP contribution is -1.94. The Labute approximate surface area is 80.4 Å². The third kappa shape index (κ3) is 1.26. The molecule has 68 valence electrons. The first kappa shape index (κ1) is 8.48. The first-order valence-electron chi connectivity index (χ1n) is 4.05. The van der Waals surface area contributed by atoms with Crippen molar-refractivity contribution in [1.29, 1.82) is 5.26 Å². The van der Waals surface area contributed by atoms with E-state index < -0.39 is 0 Å². The predicted octanol–water partition coefficient (Wildman–Crippen LogP) is 1.91. The molecular formula is C10H7N3O. The van der Waals surface area contributed by atoms with Crippen LogP contribution in [0.2, 0.25) is 0 Å². The third-order valence-corrected chi connectivity index (χ3v) is 1.95. The molecule has 1 aromatic carbocycles. The van der Waals surface area contributed by atoms with Gasteiger partial charge >= 0.3 is 0 Å². The maximum Gasteiger partial charge on any atom is 0.151 e. The Bertz CT molecular complexity index is 516. The van der Waals surface area contributed by atoms with Crippen LogP contribution in [0.5, 0.6) is 0 Å². The van der Waals surface area contributed by atoms with Gasteiger partial charge in [0.05, 0.1) is 17.1 Å². The van der Waals surface area contributed by atoms with E-state index in [2.05, 4.69) is 11.1 Å². The molecule has 0 spiro atoms. The van der Waals surface area contributed by atoms with Gasteiger partial charge in [-0.1, -0.05) is 18.2 Å². The third-order valence-electron chi connectivity index (χ3n) is 1.95. The molecule has 14 heavy (non-hydrogen) atoms. The van der Waals surface area contributed by atoms with Gasteiger partial charge in [-0.2, -0.15) is 5.26 Å². The molecule has 0 saturated carbocycles. The van der Waals surface area contributed by atoms with E-state index in [0.717, 1.165) is 5.39 Å². The smallest absolute Gasteiger partial charge is 0.151 e. The summed E-state index contributed by atoms with van der Waals surface area (Å²) in [6.45, 7) is 0. The van der Waals surface area contributed by atoms with Crippen LogP contribution in [-0.4, -0.2) is 10.2 Å². The first-order valence-corrected chi connectivity index (χ1v) is 4.05. The van der Waals surface area contributed by atoms with Gasteiger partial charge in [-0.15, -0.1) is 0 Å². The van der Waals surface area contributed by atoms with Crippen LogP contribution in [0.4, 0.5) is 5.82 Å². The van der Waals surface area contributed by atoms with Crippen molar-refractivity contribution in [1.82, 2.24) is 4.98 Å². The Morgan fingerprint density at radius 2 is 2.14 bits per heavy atom. The number of nitrogens with one attached hydrogen (secondary N) is 1. The highest BCUT2D eigenvalue weighted by molar-refractivity contribution is 5.86. The van der Waals surface area contributed by atoms with E-state index in [1.807, 2.05) is 23.7 Å². The fourth-order valence-corrected chi connectivity index (χ4v) is 1.33. The summed E-state index contributed by atoms with van der Waals surface area (Å²) in [4.78, 5) is 4.09. The van der Waals surface area contributed by atoms with E-state index in [1.165, 1.54) is 6.07 Å². The predicted molar refractivity (Wildman–Crippen MR) is 51.9 cm³/mol. The lowest BCUT2D eigenvalue weighted by atomic mass is 10.1. The molecule has 0 radical (unpaired) electrons. The first-order chi connectivity index (χ1) is 6.85. The van der Waals surface area contributed by atoms with Gasteiger partial charge in [0.25, 0.3) is 0 Å². The van der Waals surface area contributed by atoms with Crippen LogP contribution in [-0.2, 0) is 0 Å². The summed E-state index contributed by atoms with van der Waals surface area (Å²) < 4.78 is 0. The number of hydrogen-bond donors (Lipinski definition) is 2. The van der Waals surface area contributed by atoms with E-state index >= 15 is 0 Å². The summed E-state index contributed by atoms with van der Waals surface area (Å²) in [5.74, 6) is 0.278. The van der Waals surface area contributed by atoms with Crippen LogP contribution >= 0.6 is 0 Å². The van der Waals surface area contributed by atoms with Gasteiger partial charge in [0.2, 0.25) is 0 Å². The average Bonchev–Trinajstić information content (AvgIpc) is 2.27. The second-order valence-electron chi connectivity index (χ2n) is 2.80. The number of benzene rings is 1. The Kier molecular flexibility index (Phi) is 2.01. The Morgan fingerprint density at radius 1 is 1.36 bits per heavy atom. The zero-order chi connectivity index (χ0) is 9.97. The summed E-state index contributed by atoms with van der Waals surface area (Å²) in [6, 6.07) is 10.8. The van der Waals surface area contributed by atoms with Crippen LogP contribution in [0.15, 0.2) is 30.3 Å². The second kappa shape index (κ2) is 3.32. The lowest BCUT2D eigenvalue weighted by molar-refractivity contribution is 0.386. The zero-order valence-corrected chi connectivity index (χ0v) is 7.23. The Balaban J connectivity index is 2.82. The molecule has 0 saturated heterocycles. The largest absolute Gasteiger partial charge is 0.290 e. The molecule has 4 nitrogen and oxygen atoms in total. The molecule has 1 aromatic heterocycles. The zero-order valence-electron chi connectivity index (χ0n) is 7.23. The quantitative estimate of drug-likeness (QED) is 0.666. The standard InChI is InChI=1S/C10H7N3O/c11-6-7-5-10(13-14)12-9-4-2-1-3-8(7)9/h1-5,14H,(H,12,13). The molecular weight excluding hydrogens is 178 g/mol. The number of para-hydroxylation sites is 1. The second-order valence-corrected chi connectivity index (χ2v) is 2.80. The molecule has 2 rings (SSSR count). The number of rotatable bonds is 1. The van der Waals surface area contributed by atoms with E-state index in [1.54, 1.807) is 6.07 Å². The SMILES string of the molecule is N#Cc1cc(NO)nc2ccccc12. The van der Waals surface area contributed by atoms with Crippen LogP contribution in [0.25, 0.3) is 10.9 Å². The van der Waals surface area contributed by atoms with Gasteiger partial charge in [0, 0.05) is 11.5 Å². The normalized spacial score (nSPS) is 9.71. The topological polar surface area (TPSA) is 68.9 Å². The van der Waals surface area contributed by atoms with Gasteiger partial charge in [-0.05, 0) is 6.07 Å². The van der Waals surface area contributed by atoms with E-state index in [0.29, 0.717) is 11.1 Å². The molecule has 2 N–H and O–H groups in total. The van der Waals surface area contributed by atoms with Crippen molar-refractivity contribution in [3.05, 3.63) is 35.9 Å². The monoisotopic (exact) mass is 185 g/mol. The fourth-order valence-electron chi connectivity index (χ4n) is 1.33. The summed E-state index contributed by atoms with van der Waals surface area (Å²) in [5.41, 5.74) is 3.11. The minimum absolute atomic E-state index is 0.278. The maximum absolute atomic E-state index is 8.87. The maximum atomic E-state index is 8.87. The molecule has 0 atom stereocenters. The van der Waals surface area contributed by atoms with Crippen LogP contribution in [0.1, 0.15) is 5.56 Å². The molecule has 0 amide bonds. The summed E-state index contributed by atoms with van der Waals surface area (Å²) in [5, 5.41) is 18.3. The summed E-state index contributed by atoms with van der Waals surface area (Å²) in [7, 11) is 0. The van der Waals surface area contributed by atoms with Crippen molar-refractivity contribution < 1.29 is 5.21 Å².